The Labute approximate surface area is 141 Å². The number of hydrogen-bond donors (Lipinski definition) is 2. The molecule has 1 aliphatic carbocycles. The fraction of sp³-hybridized carbons (Fsp3) is 0.556. The third-order valence-electron chi connectivity index (χ3n) is 5.09. The molecule has 1 heterocycles. The van der Waals surface area contributed by atoms with Gasteiger partial charge in [-0.3, -0.25) is 14.8 Å². The summed E-state index contributed by atoms with van der Waals surface area (Å²) in [6, 6.07) is 5.62. The summed E-state index contributed by atoms with van der Waals surface area (Å²) in [5, 5.41) is 13.6. The number of methoxy groups -OCH3 is 1. The fourth-order valence-corrected chi connectivity index (χ4v) is 3.72. The van der Waals surface area contributed by atoms with Gasteiger partial charge in [0.1, 0.15) is 0 Å². The van der Waals surface area contributed by atoms with Gasteiger partial charge in [-0.25, -0.2) is 5.06 Å². The van der Waals surface area contributed by atoms with Crippen LogP contribution in [0.5, 0.6) is 0 Å². The number of ether oxygens (including phenoxy) is 1. The first-order chi connectivity index (χ1) is 11.5. The van der Waals surface area contributed by atoms with Crippen LogP contribution in [0, 0.1) is 5.41 Å². The molecular weight excluding hydrogens is 308 g/mol. The zero-order valence-electron chi connectivity index (χ0n) is 14.0. The normalized spacial score (nSPS) is 22.3. The minimum atomic E-state index is -0.382. The predicted octanol–water partition coefficient (Wildman–Crippen LogP) is 1.55. The number of amides is 2. The molecule has 1 saturated heterocycles. The van der Waals surface area contributed by atoms with Crippen molar-refractivity contribution in [2.24, 2.45) is 5.41 Å². The highest BCUT2D eigenvalue weighted by atomic mass is 16.5. The van der Waals surface area contributed by atoms with Crippen molar-refractivity contribution in [2.45, 2.75) is 32.1 Å². The second kappa shape index (κ2) is 6.91. The first-order valence-corrected chi connectivity index (χ1v) is 8.41. The molecule has 2 N–H and O–H groups in total. The number of nitrogens with zero attached hydrogens (tertiary/aromatic N) is 1. The molecule has 1 aromatic carbocycles. The van der Waals surface area contributed by atoms with Crippen LogP contribution in [0.4, 0.5) is 0 Å². The van der Waals surface area contributed by atoms with E-state index in [1.165, 1.54) is 5.56 Å². The van der Waals surface area contributed by atoms with E-state index in [0.29, 0.717) is 25.0 Å². The van der Waals surface area contributed by atoms with Gasteiger partial charge in [0.2, 0.25) is 5.91 Å². The number of benzene rings is 1. The maximum Gasteiger partial charge on any atom is 0.277 e. The number of carbonyl (C=O) groups excluding carboxylic acids is 2. The molecule has 0 aromatic heterocycles. The predicted molar refractivity (Wildman–Crippen MR) is 87.8 cm³/mol. The minimum absolute atomic E-state index is 0.0405. The van der Waals surface area contributed by atoms with E-state index in [-0.39, 0.29) is 23.8 Å². The Bertz CT molecular complexity index is 646. The SMILES string of the molecule is COCCCN(O)C(=O)c1ccc2c(c1)CC[C@]1(CNC(=O)C1)C2. The third-order valence-corrected chi connectivity index (χ3v) is 5.09. The van der Waals surface area contributed by atoms with Crippen molar-refractivity contribution < 1.29 is 19.5 Å². The Morgan fingerprint density at radius 2 is 2.21 bits per heavy atom. The van der Waals surface area contributed by atoms with Crippen LogP contribution in [0.1, 0.15) is 40.7 Å². The molecule has 1 atom stereocenters. The number of nitrogens with one attached hydrogen (secondary N) is 1. The maximum absolute atomic E-state index is 12.3. The Morgan fingerprint density at radius 1 is 1.38 bits per heavy atom. The largest absolute Gasteiger partial charge is 0.385 e. The first-order valence-electron chi connectivity index (χ1n) is 8.41. The van der Waals surface area contributed by atoms with Crippen molar-refractivity contribution in [1.82, 2.24) is 10.4 Å². The van der Waals surface area contributed by atoms with E-state index in [2.05, 4.69) is 5.32 Å². The van der Waals surface area contributed by atoms with Crippen LogP contribution in [-0.2, 0) is 22.4 Å². The highest BCUT2D eigenvalue weighted by molar-refractivity contribution is 5.93. The van der Waals surface area contributed by atoms with Gasteiger partial charge in [0.15, 0.2) is 0 Å². The minimum Gasteiger partial charge on any atom is -0.385 e. The summed E-state index contributed by atoms with van der Waals surface area (Å²) < 4.78 is 4.93. The van der Waals surface area contributed by atoms with E-state index in [4.69, 9.17) is 4.74 Å². The molecular formula is C18H24N2O4. The van der Waals surface area contributed by atoms with Crippen LogP contribution in [0.2, 0.25) is 0 Å². The van der Waals surface area contributed by atoms with E-state index >= 15 is 0 Å². The molecule has 1 aromatic rings. The number of rotatable bonds is 5. The Balaban J connectivity index is 1.69. The van der Waals surface area contributed by atoms with Gasteiger partial charge in [-0.1, -0.05) is 6.07 Å². The van der Waals surface area contributed by atoms with Crippen LogP contribution in [0.3, 0.4) is 0 Å². The number of fused-ring (bicyclic) bond motifs is 1. The van der Waals surface area contributed by atoms with Crippen molar-refractivity contribution >= 4 is 11.8 Å². The van der Waals surface area contributed by atoms with Gasteiger partial charge < -0.3 is 10.1 Å². The molecule has 24 heavy (non-hydrogen) atoms. The van der Waals surface area contributed by atoms with Crippen molar-refractivity contribution in [2.75, 3.05) is 26.8 Å². The number of aryl methyl sites for hydroxylation is 1. The molecule has 1 spiro atoms. The van der Waals surface area contributed by atoms with Crippen LogP contribution in [-0.4, -0.2) is 48.9 Å². The quantitative estimate of drug-likeness (QED) is 0.487. The zero-order chi connectivity index (χ0) is 17.2. The second-order valence-corrected chi connectivity index (χ2v) is 6.89. The molecule has 2 amide bonds. The molecule has 1 fully saturated rings. The number of hydrogen-bond acceptors (Lipinski definition) is 4. The molecule has 3 rings (SSSR count). The summed E-state index contributed by atoms with van der Waals surface area (Å²) in [5.74, 6) is -0.246. The molecule has 0 unspecified atom stereocenters. The van der Waals surface area contributed by atoms with Gasteiger partial charge in [-0.2, -0.15) is 0 Å². The number of carbonyl (C=O) groups is 2. The molecule has 130 valence electrons. The molecule has 6 nitrogen and oxygen atoms in total. The van der Waals surface area contributed by atoms with E-state index in [1.54, 1.807) is 13.2 Å². The van der Waals surface area contributed by atoms with Gasteiger partial charge in [0, 0.05) is 37.7 Å². The van der Waals surface area contributed by atoms with Crippen molar-refractivity contribution in [3.8, 4) is 0 Å². The van der Waals surface area contributed by atoms with Crippen LogP contribution in [0.15, 0.2) is 18.2 Å². The van der Waals surface area contributed by atoms with Crippen LogP contribution < -0.4 is 5.32 Å². The summed E-state index contributed by atoms with van der Waals surface area (Å²) in [4.78, 5) is 23.9. The molecule has 0 saturated carbocycles. The highest BCUT2D eigenvalue weighted by Crippen LogP contribution is 2.40. The summed E-state index contributed by atoms with van der Waals surface area (Å²) in [7, 11) is 1.59. The van der Waals surface area contributed by atoms with Crippen LogP contribution in [0.25, 0.3) is 0 Å². The number of hydroxylamine groups is 2. The van der Waals surface area contributed by atoms with Crippen LogP contribution >= 0.6 is 0 Å². The molecule has 1 aliphatic heterocycles. The molecule has 2 aliphatic rings. The summed E-state index contributed by atoms with van der Waals surface area (Å²) in [6.45, 7) is 1.50. The van der Waals surface area contributed by atoms with Gasteiger partial charge in [-0.05, 0) is 48.9 Å². The standard InChI is InChI=1S/C18H24N2O4/c1-24-8-2-7-20(23)17(22)14-3-4-15-10-18(6-5-13(15)9-14)11-16(21)19-12-18/h3-4,9,23H,2,5-8,10-12H2,1H3,(H,19,21)/t18-/m0/s1. The lowest BCUT2D eigenvalue weighted by molar-refractivity contribution is -0.119. The lowest BCUT2D eigenvalue weighted by atomic mass is 9.71. The van der Waals surface area contributed by atoms with Gasteiger partial charge in [-0.15, -0.1) is 0 Å². The topological polar surface area (TPSA) is 78.9 Å². The second-order valence-electron chi connectivity index (χ2n) is 6.89. The Morgan fingerprint density at radius 3 is 2.92 bits per heavy atom. The van der Waals surface area contributed by atoms with Crippen molar-refractivity contribution in [3.63, 3.8) is 0 Å². The summed E-state index contributed by atoms with van der Waals surface area (Å²) >= 11 is 0. The monoisotopic (exact) mass is 332 g/mol. The van der Waals surface area contributed by atoms with Gasteiger partial charge in [0.05, 0.1) is 6.54 Å². The Kier molecular flexibility index (Phi) is 4.87. The van der Waals surface area contributed by atoms with E-state index in [0.717, 1.165) is 36.4 Å². The lowest BCUT2D eigenvalue weighted by Gasteiger charge is -2.33. The lowest BCUT2D eigenvalue weighted by Crippen LogP contribution is -2.32. The van der Waals surface area contributed by atoms with Gasteiger partial charge >= 0.3 is 0 Å². The van der Waals surface area contributed by atoms with Crippen molar-refractivity contribution in [1.29, 1.82) is 0 Å². The highest BCUT2D eigenvalue weighted by Gasteiger charge is 2.40. The average Bonchev–Trinajstić information content (AvgIpc) is 2.94. The smallest absolute Gasteiger partial charge is 0.277 e. The van der Waals surface area contributed by atoms with Gasteiger partial charge in [0.25, 0.3) is 5.91 Å². The average molecular weight is 332 g/mol. The summed E-state index contributed by atoms with van der Waals surface area (Å²) in [6.07, 6.45) is 3.87. The molecule has 0 bridgehead atoms. The first kappa shape index (κ1) is 16.9. The molecule has 0 radical (unpaired) electrons. The Hall–Kier alpha value is -1.92. The van der Waals surface area contributed by atoms with E-state index in [1.807, 2.05) is 12.1 Å². The molecule has 6 heteroatoms. The fourth-order valence-electron chi connectivity index (χ4n) is 3.72. The van der Waals surface area contributed by atoms with E-state index < -0.39 is 0 Å². The maximum atomic E-state index is 12.3. The van der Waals surface area contributed by atoms with E-state index in [9.17, 15) is 14.8 Å². The summed E-state index contributed by atoms with van der Waals surface area (Å²) in [5.41, 5.74) is 2.90. The zero-order valence-corrected chi connectivity index (χ0v) is 14.0. The third kappa shape index (κ3) is 3.44. The van der Waals surface area contributed by atoms with Crippen molar-refractivity contribution in [3.05, 3.63) is 34.9 Å².